The van der Waals surface area contributed by atoms with Crippen LogP contribution in [0.5, 0.6) is 0 Å². The smallest absolute Gasteiger partial charge is 0.0465 e. The number of hydrogen-bond donors (Lipinski definition) is 1. The summed E-state index contributed by atoms with van der Waals surface area (Å²) in [6, 6.07) is 0.664. The van der Waals surface area contributed by atoms with Gasteiger partial charge in [0.1, 0.15) is 0 Å². The molecule has 0 saturated carbocycles. The Morgan fingerprint density at radius 2 is 1.78 bits per heavy atom. The van der Waals surface area contributed by atoms with E-state index in [1.54, 1.807) is 7.11 Å². The van der Waals surface area contributed by atoms with E-state index in [4.69, 9.17) is 4.74 Å². The standard InChI is InChI=1S/C16H35NO/c1-6-9-10-15(8-3)16(17-12-7-2)14(4)11-13-18-5/h14-17H,6-13H2,1-5H3. The van der Waals surface area contributed by atoms with Crippen LogP contribution >= 0.6 is 0 Å². The molecule has 0 aliphatic carbocycles. The maximum Gasteiger partial charge on any atom is 0.0465 e. The van der Waals surface area contributed by atoms with Crippen molar-refractivity contribution in [2.75, 3.05) is 20.3 Å². The normalized spacial score (nSPS) is 16.5. The van der Waals surface area contributed by atoms with Crippen molar-refractivity contribution in [1.29, 1.82) is 0 Å². The van der Waals surface area contributed by atoms with E-state index in [-0.39, 0.29) is 0 Å². The number of rotatable bonds is 12. The van der Waals surface area contributed by atoms with Crippen molar-refractivity contribution in [2.24, 2.45) is 11.8 Å². The van der Waals surface area contributed by atoms with Crippen LogP contribution in [0, 0.1) is 11.8 Å². The number of nitrogens with one attached hydrogen (secondary N) is 1. The van der Waals surface area contributed by atoms with Crippen molar-refractivity contribution in [3.05, 3.63) is 0 Å². The summed E-state index contributed by atoms with van der Waals surface area (Å²) in [4.78, 5) is 0. The van der Waals surface area contributed by atoms with E-state index in [2.05, 4.69) is 33.0 Å². The first-order valence-electron chi connectivity index (χ1n) is 7.93. The zero-order chi connectivity index (χ0) is 13.8. The molecule has 0 heterocycles. The summed E-state index contributed by atoms with van der Waals surface area (Å²) < 4.78 is 5.23. The summed E-state index contributed by atoms with van der Waals surface area (Å²) in [6.45, 7) is 11.3. The van der Waals surface area contributed by atoms with Crippen LogP contribution in [-0.2, 0) is 4.74 Å². The average molecular weight is 257 g/mol. The highest BCUT2D eigenvalue weighted by atomic mass is 16.5. The van der Waals surface area contributed by atoms with Crippen LogP contribution in [0.2, 0.25) is 0 Å². The fourth-order valence-electron chi connectivity index (χ4n) is 2.73. The summed E-state index contributed by atoms with van der Waals surface area (Å²) in [5.74, 6) is 1.53. The number of methoxy groups -OCH3 is 1. The second kappa shape index (κ2) is 12.0. The first-order chi connectivity index (χ1) is 8.71. The average Bonchev–Trinajstić information content (AvgIpc) is 2.39. The number of hydrogen-bond acceptors (Lipinski definition) is 2. The topological polar surface area (TPSA) is 21.3 Å². The lowest BCUT2D eigenvalue weighted by Gasteiger charge is -2.32. The summed E-state index contributed by atoms with van der Waals surface area (Å²) >= 11 is 0. The van der Waals surface area contributed by atoms with E-state index in [0.717, 1.165) is 19.1 Å². The fourth-order valence-corrected chi connectivity index (χ4v) is 2.73. The van der Waals surface area contributed by atoms with E-state index in [0.29, 0.717) is 12.0 Å². The Labute approximate surface area is 115 Å². The van der Waals surface area contributed by atoms with Gasteiger partial charge in [0.15, 0.2) is 0 Å². The van der Waals surface area contributed by atoms with E-state index in [1.165, 1.54) is 38.5 Å². The molecule has 0 spiro atoms. The lowest BCUT2D eigenvalue weighted by atomic mass is 9.82. The van der Waals surface area contributed by atoms with Crippen molar-refractivity contribution in [1.82, 2.24) is 5.32 Å². The van der Waals surface area contributed by atoms with Crippen molar-refractivity contribution >= 4 is 0 Å². The van der Waals surface area contributed by atoms with Crippen LogP contribution in [0.15, 0.2) is 0 Å². The highest BCUT2D eigenvalue weighted by molar-refractivity contribution is 4.80. The van der Waals surface area contributed by atoms with Crippen molar-refractivity contribution in [3.63, 3.8) is 0 Å². The molecule has 0 aromatic rings. The molecular weight excluding hydrogens is 222 g/mol. The van der Waals surface area contributed by atoms with Crippen molar-refractivity contribution in [3.8, 4) is 0 Å². The van der Waals surface area contributed by atoms with Gasteiger partial charge in [-0.15, -0.1) is 0 Å². The molecule has 0 aliphatic heterocycles. The van der Waals surface area contributed by atoms with Gasteiger partial charge < -0.3 is 10.1 Å². The number of ether oxygens (including phenoxy) is 1. The zero-order valence-electron chi connectivity index (χ0n) is 13.3. The first kappa shape index (κ1) is 17.9. The van der Waals surface area contributed by atoms with Crippen LogP contribution in [0.3, 0.4) is 0 Å². The van der Waals surface area contributed by atoms with Crippen LogP contribution in [-0.4, -0.2) is 26.3 Å². The molecule has 0 aliphatic rings. The Balaban J connectivity index is 4.39. The Morgan fingerprint density at radius 3 is 2.28 bits per heavy atom. The lowest BCUT2D eigenvalue weighted by molar-refractivity contribution is 0.154. The molecule has 0 rings (SSSR count). The van der Waals surface area contributed by atoms with E-state index >= 15 is 0 Å². The molecule has 0 fully saturated rings. The molecule has 3 atom stereocenters. The molecule has 0 aromatic heterocycles. The maximum absolute atomic E-state index is 5.23. The van der Waals surface area contributed by atoms with Gasteiger partial charge in [-0.25, -0.2) is 0 Å². The molecule has 0 bridgehead atoms. The predicted molar refractivity (Wildman–Crippen MR) is 81.0 cm³/mol. The molecule has 18 heavy (non-hydrogen) atoms. The largest absolute Gasteiger partial charge is 0.385 e. The van der Waals surface area contributed by atoms with Gasteiger partial charge in [-0.1, -0.05) is 47.0 Å². The fraction of sp³-hybridized carbons (Fsp3) is 1.00. The third-order valence-corrected chi connectivity index (χ3v) is 3.98. The number of unbranched alkanes of at least 4 members (excludes halogenated alkanes) is 1. The molecule has 0 saturated heterocycles. The Morgan fingerprint density at radius 1 is 1.06 bits per heavy atom. The van der Waals surface area contributed by atoms with Gasteiger partial charge >= 0.3 is 0 Å². The lowest BCUT2D eigenvalue weighted by Crippen LogP contribution is -2.42. The highest BCUT2D eigenvalue weighted by Crippen LogP contribution is 2.24. The second-order valence-electron chi connectivity index (χ2n) is 5.55. The molecule has 0 amide bonds. The van der Waals surface area contributed by atoms with Crippen molar-refractivity contribution < 1.29 is 4.74 Å². The van der Waals surface area contributed by atoms with Gasteiger partial charge in [0.2, 0.25) is 0 Å². The first-order valence-corrected chi connectivity index (χ1v) is 7.93. The van der Waals surface area contributed by atoms with E-state index < -0.39 is 0 Å². The van der Waals surface area contributed by atoms with E-state index in [9.17, 15) is 0 Å². The summed E-state index contributed by atoms with van der Waals surface area (Å²) in [5, 5.41) is 3.78. The van der Waals surface area contributed by atoms with Gasteiger partial charge in [-0.2, -0.15) is 0 Å². The summed E-state index contributed by atoms with van der Waals surface area (Å²) in [7, 11) is 1.80. The van der Waals surface area contributed by atoms with Gasteiger partial charge in [0.05, 0.1) is 0 Å². The Kier molecular flexibility index (Phi) is 11.9. The van der Waals surface area contributed by atoms with Crippen molar-refractivity contribution in [2.45, 2.75) is 72.3 Å². The van der Waals surface area contributed by atoms with Crippen LogP contribution < -0.4 is 5.32 Å². The molecule has 1 N–H and O–H groups in total. The highest BCUT2D eigenvalue weighted by Gasteiger charge is 2.24. The van der Waals surface area contributed by atoms with E-state index in [1.807, 2.05) is 0 Å². The minimum Gasteiger partial charge on any atom is -0.385 e. The maximum atomic E-state index is 5.23. The molecular formula is C16H35NO. The molecule has 0 aromatic carbocycles. The molecule has 0 radical (unpaired) electrons. The molecule has 2 nitrogen and oxygen atoms in total. The minimum atomic E-state index is 0.664. The minimum absolute atomic E-state index is 0.664. The third-order valence-electron chi connectivity index (χ3n) is 3.98. The SMILES string of the molecule is CCCCC(CC)C(NCCC)C(C)CCOC. The Hall–Kier alpha value is -0.0800. The van der Waals surface area contributed by atoms with Gasteiger partial charge in [0, 0.05) is 19.8 Å². The summed E-state index contributed by atoms with van der Waals surface area (Å²) in [5.41, 5.74) is 0. The van der Waals surface area contributed by atoms with Gasteiger partial charge in [-0.3, -0.25) is 0 Å². The van der Waals surface area contributed by atoms with Crippen LogP contribution in [0.4, 0.5) is 0 Å². The third kappa shape index (κ3) is 7.38. The zero-order valence-corrected chi connectivity index (χ0v) is 13.3. The molecule has 2 heteroatoms. The monoisotopic (exact) mass is 257 g/mol. The second-order valence-corrected chi connectivity index (χ2v) is 5.55. The predicted octanol–water partition coefficient (Wildman–Crippen LogP) is 4.24. The Bertz CT molecular complexity index is 172. The molecule has 3 unspecified atom stereocenters. The van der Waals surface area contributed by atoms with Gasteiger partial charge in [0.25, 0.3) is 0 Å². The van der Waals surface area contributed by atoms with Crippen LogP contribution in [0.1, 0.15) is 66.2 Å². The van der Waals surface area contributed by atoms with Crippen LogP contribution in [0.25, 0.3) is 0 Å². The summed E-state index contributed by atoms with van der Waals surface area (Å²) in [6.07, 6.45) is 7.71. The quantitative estimate of drug-likeness (QED) is 0.564. The van der Waals surface area contributed by atoms with Gasteiger partial charge in [-0.05, 0) is 37.6 Å². The molecule has 110 valence electrons.